The number of hydrogen-bond donors (Lipinski definition) is 2. The molecule has 0 amide bonds. The van der Waals surface area contributed by atoms with Gasteiger partial charge in [0.15, 0.2) is 0 Å². The Bertz CT molecular complexity index is 506. The average molecular weight is 292 g/mol. The van der Waals surface area contributed by atoms with Gasteiger partial charge in [-0.05, 0) is 48.4 Å². The van der Waals surface area contributed by atoms with Crippen LogP contribution >= 0.6 is 0 Å². The van der Waals surface area contributed by atoms with Crippen molar-refractivity contribution in [2.45, 2.75) is 52.4 Å². The second-order valence-electron chi connectivity index (χ2n) is 5.84. The quantitative estimate of drug-likeness (QED) is 0.744. The van der Waals surface area contributed by atoms with E-state index < -0.39 is 11.9 Å². The summed E-state index contributed by atoms with van der Waals surface area (Å²) in [5, 5.41) is 18.4. The first-order chi connectivity index (χ1) is 9.86. The molecule has 0 radical (unpaired) electrons. The fourth-order valence-electron chi connectivity index (χ4n) is 2.58. The molecule has 0 bridgehead atoms. The van der Waals surface area contributed by atoms with Crippen LogP contribution in [0.15, 0.2) is 18.2 Å². The maximum absolute atomic E-state index is 11.4. The number of rotatable bonds is 8. The SMILES string of the molecule is CCC(CCCC(C)C)c1cc(C(=O)O)ccc1C(=O)O. The summed E-state index contributed by atoms with van der Waals surface area (Å²) in [4.78, 5) is 22.5. The molecule has 4 nitrogen and oxygen atoms in total. The Morgan fingerprint density at radius 2 is 1.76 bits per heavy atom. The molecule has 116 valence electrons. The van der Waals surface area contributed by atoms with Crippen molar-refractivity contribution in [2.24, 2.45) is 5.92 Å². The van der Waals surface area contributed by atoms with E-state index in [1.54, 1.807) is 0 Å². The van der Waals surface area contributed by atoms with E-state index in [1.807, 2.05) is 6.92 Å². The molecule has 1 atom stereocenters. The molecule has 0 spiro atoms. The van der Waals surface area contributed by atoms with E-state index >= 15 is 0 Å². The van der Waals surface area contributed by atoms with Crippen LogP contribution in [-0.4, -0.2) is 22.2 Å². The molecule has 1 aromatic rings. The Morgan fingerprint density at radius 1 is 1.10 bits per heavy atom. The number of carboxylic acids is 2. The maximum Gasteiger partial charge on any atom is 0.335 e. The highest BCUT2D eigenvalue weighted by Crippen LogP contribution is 2.30. The lowest BCUT2D eigenvalue weighted by molar-refractivity contribution is 0.0679. The Kier molecular flexibility index (Phi) is 6.40. The molecule has 1 rings (SSSR count). The first-order valence-electron chi connectivity index (χ1n) is 7.47. The molecule has 21 heavy (non-hydrogen) atoms. The Morgan fingerprint density at radius 3 is 2.24 bits per heavy atom. The highest BCUT2D eigenvalue weighted by atomic mass is 16.4. The summed E-state index contributed by atoms with van der Waals surface area (Å²) >= 11 is 0. The predicted molar refractivity (Wildman–Crippen MR) is 82.1 cm³/mol. The zero-order valence-corrected chi connectivity index (χ0v) is 12.9. The highest BCUT2D eigenvalue weighted by Gasteiger charge is 2.19. The molecule has 0 heterocycles. The van der Waals surface area contributed by atoms with Gasteiger partial charge in [-0.15, -0.1) is 0 Å². The molecular formula is C17H24O4. The molecule has 0 fully saturated rings. The van der Waals surface area contributed by atoms with E-state index in [0.29, 0.717) is 11.5 Å². The summed E-state index contributed by atoms with van der Waals surface area (Å²) < 4.78 is 0. The second kappa shape index (κ2) is 7.81. The van der Waals surface area contributed by atoms with Gasteiger partial charge in [0.25, 0.3) is 0 Å². The average Bonchev–Trinajstić information content (AvgIpc) is 2.42. The van der Waals surface area contributed by atoms with Crippen LogP contribution in [0.2, 0.25) is 0 Å². The van der Waals surface area contributed by atoms with Crippen LogP contribution in [0.25, 0.3) is 0 Å². The van der Waals surface area contributed by atoms with Gasteiger partial charge in [-0.1, -0.05) is 33.6 Å². The summed E-state index contributed by atoms with van der Waals surface area (Å²) in [6, 6.07) is 4.29. The minimum Gasteiger partial charge on any atom is -0.478 e. The molecule has 0 saturated carbocycles. The fraction of sp³-hybridized carbons (Fsp3) is 0.529. The molecule has 0 aromatic heterocycles. The first-order valence-corrected chi connectivity index (χ1v) is 7.47. The van der Waals surface area contributed by atoms with Crippen molar-refractivity contribution in [1.82, 2.24) is 0 Å². The van der Waals surface area contributed by atoms with Crippen molar-refractivity contribution in [3.8, 4) is 0 Å². The fourth-order valence-corrected chi connectivity index (χ4v) is 2.58. The van der Waals surface area contributed by atoms with Crippen LogP contribution in [0.4, 0.5) is 0 Å². The molecular weight excluding hydrogens is 268 g/mol. The van der Waals surface area contributed by atoms with Crippen LogP contribution in [0.3, 0.4) is 0 Å². The van der Waals surface area contributed by atoms with Crippen molar-refractivity contribution in [3.63, 3.8) is 0 Å². The summed E-state index contributed by atoms with van der Waals surface area (Å²) in [6.45, 7) is 6.34. The standard InChI is InChI=1S/C17H24O4/c1-4-12(7-5-6-11(2)3)15-10-13(16(18)19)8-9-14(15)17(20)21/h8-12H,4-7H2,1-3H3,(H,18,19)(H,20,21). The zero-order valence-electron chi connectivity index (χ0n) is 12.9. The van der Waals surface area contributed by atoms with Gasteiger partial charge in [0.05, 0.1) is 11.1 Å². The molecule has 0 aliphatic rings. The second-order valence-corrected chi connectivity index (χ2v) is 5.84. The van der Waals surface area contributed by atoms with E-state index in [0.717, 1.165) is 25.7 Å². The van der Waals surface area contributed by atoms with Gasteiger partial charge in [-0.25, -0.2) is 9.59 Å². The molecule has 0 saturated heterocycles. The molecule has 1 aromatic carbocycles. The summed E-state index contributed by atoms with van der Waals surface area (Å²) in [6.07, 6.45) is 3.81. The van der Waals surface area contributed by atoms with E-state index in [-0.39, 0.29) is 17.0 Å². The third-order valence-corrected chi connectivity index (χ3v) is 3.80. The number of benzene rings is 1. The van der Waals surface area contributed by atoms with Gasteiger partial charge in [0, 0.05) is 0 Å². The third kappa shape index (κ3) is 4.88. The van der Waals surface area contributed by atoms with Crippen LogP contribution in [0, 0.1) is 5.92 Å². The smallest absolute Gasteiger partial charge is 0.335 e. The lowest BCUT2D eigenvalue weighted by Gasteiger charge is -2.19. The van der Waals surface area contributed by atoms with Crippen LogP contribution < -0.4 is 0 Å². The van der Waals surface area contributed by atoms with Gasteiger partial charge < -0.3 is 10.2 Å². The van der Waals surface area contributed by atoms with Crippen LogP contribution in [0.1, 0.15) is 78.7 Å². The maximum atomic E-state index is 11.4. The normalized spacial score (nSPS) is 12.4. The monoisotopic (exact) mass is 292 g/mol. The number of hydrogen-bond acceptors (Lipinski definition) is 2. The number of aromatic carboxylic acids is 2. The zero-order chi connectivity index (χ0) is 16.0. The summed E-state index contributed by atoms with van der Waals surface area (Å²) in [7, 11) is 0. The van der Waals surface area contributed by atoms with Crippen LogP contribution in [-0.2, 0) is 0 Å². The van der Waals surface area contributed by atoms with E-state index in [1.165, 1.54) is 18.2 Å². The lowest BCUT2D eigenvalue weighted by atomic mass is 9.86. The van der Waals surface area contributed by atoms with E-state index in [2.05, 4.69) is 13.8 Å². The van der Waals surface area contributed by atoms with Gasteiger partial charge in [-0.3, -0.25) is 0 Å². The molecule has 0 aliphatic heterocycles. The van der Waals surface area contributed by atoms with Crippen molar-refractivity contribution >= 4 is 11.9 Å². The van der Waals surface area contributed by atoms with Crippen molar-refractivity contribution in [3.05, 3.63) is 34.9 Å². The minimum absolute atomic E-state index is 0.0918. The van der Waals surface area contributed by atoms with Crippen molar-refractivity contribution in [1.29, 1.82) is 0 Å². The predicted octanol–water partition coefficient (Wildman–Crippen LogP) is 4.40. The van der Waals surface area contributed by atoms with Gasteiger partial charge in [0.2, 0.25) is 0 Å². The van der Waals surface area contributed by atoms with Gasteiger partial charge in [-0.2, -0.15) is 0 Å². The van der Waals surface area contributed by atoms with Crippen molar-refractivity contribution < 1.29 is 19.8 Å². The molecule has 0 aliphatic carbocycles. The van der Waals surface area contributed by atoms with Gasteiger partial charge >= 0.3 is 11.9 Å². The Labute approximate surface area is 125 Å². The minimum atomic E-state index is -1.02. The summed E-state index contributed by atoms with van der Waals surface area (Å²) in [5.41, 5.74) is 1.02. The lowest BCUT2D eigenvalue weighted by Crippen LogP contribution is -2.10. The highest BCUT2D eigenvalue weighted by molar-refractivity contribution is 5.93. The number of carbonyl (C=O) groups is 2. The Balaban J connectivity index is 3.06. The molecule has 4 heteroatoms. The number of carboxylic acid groups (broad SMARTS) is 2. The van der Waals surface area contributed by atoms with E-state index in [9.17, 15) is 14.7 Å². The van der Waals surface area contributed by atoms with Crippen molar-refractivity contribution in [2.75, 3.05) is 0 Å². The van der Waals surface area contributed by atoms with Crippen LogP contribution in [0.5, 0.6) is 0 Å². The molecule has 1 unspecified atom stereocenters. The largest absolute Gasteiger partial charge is 0.478 e. The Hall–Kier alpha value is -1.84. The topological polar surface area (TPSA) is 74.6 Å². The van der Waals surface area contributed by atoms with Gasteiger partial charge in [0.1, 0.15) is 0 Å². The molecule has 2 N–H and O–H groups in total. The third-order valence-electron chi connectivity index (χ3n) is 3.80. The first kappa shape index (κ1) is 17.2. The van der Waals surface area contributed by atoms with E-state index in [4.69, 9.17) is 5.11 Å². The summed E-state index contributed by atoms with van der Waals surface area (Å²) in [5.74, 6) is -1.31.